The van der Waals surface area contributed by atoms with Crippen molar-refractivity contribution in [3.05, 3.63) is 36.0 Å². The molecule has 1 aromatic carbocycles. The van der Waals surface area contributed by atoms with Gasteiger partial charge in [0.2, 0.25) is 5.60 Å². The fourth-order valence-corrected chi connectivity index (χ4v) is 2.51. The number of para-hydroxylation sites is 1. The number of aromatic nitrogens is 1. The number of hydrogen-bond acceptors (Lipinski definition) is 3. The number of carboxylic acid groups (broad SMARTS) is 1. The summed E-state index contributed by atoms with van der Waals surface area (Å²) < 4.78 is 0. The Morgan fingerprint density at radius 3 is 3.00 bits per heavy atom. The summed E-state index contributed by atoms with van der Waals surface area (Å²) in [6.07, 6.45) is 2.46. The van der Waals surface area contributed by atoms with Crippen LogP contribution in [0.2, 0.25) is 0 Å². The van der Waals surface area contributed by atoms with Gasteiger partial charge < -0.3 is 14.9 Å². The number of nitrogens with one attached hydrogen (secondary N) is 1. The van der Waals surface area contributed by atoms with E-state index in [0.29, 0.717) is 18.6 Å². The SMILES string of the molecule is CC1=NO[C@@](Cc2c[nH]c3ccccc23)(C(=O)O)C1. The average Bonchev–Trinajstić information content (AvgIpc) is 2.96. The van der Waals surface area contributed by atoms with Crippen molar-refractivity contribution in [3.8, 4) is 0 Å². The number of oxime groups is 1. The highest BCUT2D eigenvalue weighted by molar-refractivity contribution is 5.92. The van der Waals surface area contributed by atoms with E-state index in [1.807, 2.05) is 30.5 Å². The van der Waals surface area contributed by atoms with Crippen LogP contribution in [0, 0.1) is 0 Å². The number of aliphatic carboxylic acids is 1. The van der Waals surface area contributed by atoms with Crippen molar-refractivity contribution in [1.29, 1.82) is 0 Å². The molecule has 5 heteroatoms. The van der Waals surface area contributed by atoms with Gasteiger partial charge in [0.25, 0.3) is 0 Å². The Bertz CT molecular complexity index is 674. The van der Waals surface area contributed by atoms with Crippen LogP contribution in [0.25, 0.3) is 10.9 Å². The van der Waals surface area contributed by atoms with Crippen LogP contribution in [0.15, 0.2) is 35.6 Å². The van der Waals surface area contributed by atoms with E-state index >= 15 is 0 Å². The number of carbonyl (C=O) groups is 1. The second-order valence-corrected chi connectivity index (χ2v) is 4.93. The van der Waals surface area contributed by atoms with Crippen molar-refractivity contribution < 1.29 is 14.7 Å². The molecular weight excluding hydrogens is 244 g/mol. The maximum absolute atomic E-state index is 11.5. The van der Waals surface area contributed by atoms with Crippen molar-refractivity contribution in [2.24, 2.45) is 5.16 Å². The first-order valence-corrected chi connectivity index (χ1v) is 6.11. The fourth-order valence-electron chi connectivity index (χ4n) is 2.51. The molecule has 0 saturated heterocycles. The number of nitrogens with zero attached hydrogens (tertiary/aromatic N) is 1. The average molecular weight is 258 g/mol. The molecule has 1 aliphatic rings. The zero-order valence-electron chi connectivity index (χ0n) is 10.5. The van der Waals surface area contributed by atoms with Crippen LogP contribution in [-0.2, 0) is 16.1 Å². The molecule has 2 N–H and O–H groups in total. The van der Waals surface area contributed by atoms with E-state index in [9.17, 15) is 9.90 Å². The molecule has 0 fully saturated rings. The molecule has 1 aromatic heterocycles. The highest BCUT2D eigenvalue weighted by atomic mass is 16.7. The number of H-pyrrole nitrogens is 1. The first kappa shape index (κ1) is 11.8. The molecule has 0 saturated carbocycles. The molecular formula is C14H14N2O3. The van der Waals surface area contributed by atoms with Gasteiger partial charge in [-0.1, -0.05) is 23.4 Å². The Morgan fingerprint density at radius 2 is 2.32 bits per heavy atom. The van der Waals surface area contributed by atoms with Gasteiger partial charge in [0.15, 0.2) is 0 Å². The molecule has 19 heavy (non-hydrogen) atoms. The van der Waals surface area contributed by atoms with Gasteiger partial charge in [-0.15, -0.1) is 0 Å². The summed E-state index contributed by atoms with van der Waals surface area (Å²) >= 11 is 0. The highest BCUT2D eigenvalue weighted by Gasteiger charge is 2.46. The fraction of sp³-hybridized carbons (Fsp3) is 0.286. The van der Waals surface area contributed by atoms with Gasteiger partial charge in [0, 0.05) is 29.9 Å². The molecule has 1 aliphatic heterocycles. The minimum absolute atomic E-state index is 0.299. The Morgan fingerprint density at radius 1 is 1.53 bits per heavy atom. The third-order valence-corrected chi connectivity index (χ3v) is 3.46. The molecule has 0 bridgehead atoms. The Hall–Kier alpha value is -2.30. The number of rotatable bonds is 3. The number of fused-ring (bicyclic) bond motifs is 1. The largest absolute Gasteiger partial charge is 0.478 e. The predicted molar refractivity (Wildman–Crippen MR) is 71.2 cm³/mol. The number of benzene rings is 1. The molecule has 2 aromatic rings. The lowest BCUT2D eigenvalue weighted by Crippen LogP contribution is -2.41. The van der Waals surface area contributed by atoms with Crippen molar-refractivity contribution in [3.63, 3.8) is 0 Å². The summed E-state index contributed by atoms with van der Waals surface area (Å²) in [5.74, 6) is -0.974. The molecule has 0 radical (unpaired) electrons. The Kier molecular flexibility index (Phi) is 2.55. The van der Waals surface area contributed by atoms with Crippen LogP contribution < -0.4 is 0 Å². The van der Waals surface area contributed by atoms with E-state index < -0.39 is 11.6 Å². The second kappa shape index (κ2) is 4.12. The Balaban J connectivity index is 1.97. The van der Waals surface area contributed by atoms with E-state index in [1.165, 1.54) is 0 Å². The van der Waals surface area contributed by atoms with Crippen LogP contribution in [0.3, 0.4) is 0 Å². The van der Waals surface area contributed by atoms with Gasteiger partial charge in [-0.3, -0.25) is 0 Å². The molecule has 98 valence electrons. The minimum Gasteiger partial charge on any atom is -0.478 e. The molecule has 1 atom stereocenters. The predicted octanol–water partition coefficient (Wildman–Crippen LogP) is 2.33. The monoisotopic (exact) mass is 258 g/mol. The lowest BCUT2D eigenvalue weighted by atomic mass is 9.90. The van der Waals surface area contributed by atoms with Crippen LogP contribution in [0.1, 0.15) is 18.9 Å². The smallest absolute Gasteiger partial charge is 0.351 e. The summed E-state index contributed by atoms with van der Waals surface area (Å²) in [6, 6.07) is 7.81. The summed E-state index contributed by atoms with van der Waals surface area (Å²) in [5.41, 5.74) is 1.37. The zero-order valence-corrected chi connectivity index (χ0v) is 10.5. The standard InChI is InChI=1S/C14H14N2O3/c1-9-6-14(13(17)18,19-16-9)7-10-8-15-12-5-3-2-4-11(10)12/h2-5,8,15H,6-7H2,1H3,(H,17,18)/t14-/m0/s1. The van der Waals surface area contributed by atoms with Crippen LogP contribution in [0.5, 0.6) is 0 Å². The summed E-state index contributed by atoms with van der Waals surface area (Å²) in [4.78, 5) is 19.9. The van der Waals surface area contributed by atoms with Gasteiger partial charge in [-0.05, 0) is 18.6 Å². The van der Waals surface area contributed by atoms with Crippen molar-refractivity contribution in [2.45, 2.75) is 25.4 Å². The van der Waals surface area contributed by atoms with Crippen LogP contribution in [-0.4, -0.2) is 27.4 Å². The minimum atomic E-state index is -1.27. The number of hydrogen-bond donors (Lipinski definition) is 2. The zero-order chi connectivity index (χ0) is 13.5. The molecule has 3 rings (SSSR count). The van der Waals surface area contributed by atoms with E-state index in [-0.39, 0.29) is 0 Å². The lowest BCUT2D eigenvalue weighted by Gasteiger charge is -2.21. The second-order valence-electron chi connectivity index (χ2n) is 4.93. The molecule has 0 spiro atoms. The molecule has 2 heterocycles. The van der Waals surface area contributed by atoms with E-state index in [4.69, 9.17) is 4.84 Å². The molecule has 0 aliphatic carbocycles. The topological polar surface area (TPSA) is 74.7 Å². The van der Waals surface area contributed by atoms with Gasteiger partial charge in [-0.2, -0.15) is 0 Å². The van der Waals surface area contributed by atoms with Gasteiger partial charge in [0.1, 0.15) is 0 Å². The number of aromatic amines is 1. The maximum Gasteiger partial charge on any atom is 0.351 e. The Labute approximate surface area is 109 Å². The molecule has 0 amide bonds. The van der Waals surface area contributed by atoms with Gasteiger partial charge in [0.05, 0.1) is 5.71 Å². The first-order valence-electron chi connectivity index (χ1n) is 6.11. The van der Waals surface area contributed by atoms with Crippen molar-refractivity contribution in [1.82, 2.24) is 4.98 Å². The maximum atomic E-state index is 11.5. The summed E-state index contributed by atoms with van der Waals surface area (Å²) in [5, 5.41) is 14.3. The lowest BCUT2D eigenvalue weighted by molar-refractivity contribution is -0.162. The van der Waals surface area contributed by atoms with Crippen molar-refractivity contribution in [2.75, 3.05) is 0 Å². The van der Waals surface area contributed by atoms with Gasteiger partial charge in [-0.25, -0.2) is 4.79 Å². The quantitative estimate of drug-likeness (QED) is 0.887. The number of carboxylic acids is 1. The third kappa shape index (κ3) is 1.87. The van der Waals surface area contributed by atoms with Crippen LogP contribution >= 0.6 is 0 Å². The van der Waals surface area contributed by atoms with E-state index in [0.717, 1.165) is 16.5 Å². The van der Waals surface area contributed by atoms with E-state index in [1.54, 1.807) is 6.92 Å². The molecule has 0 unspecified atom stereocenters. The van der Waals surface area contributed by atoms with E-state index in [2.05, 4.69) is 10.1 Å². The van der Waals surface area contributed by atoms with Gasteiger partial charge >= 0.3 is 5.97 Å². The third-order valence-electron chi connectivity index (χ3n) is 3.46. The highest BCUT2D eigenvalue weighted by Crippen LogP contribution is 2.31. The van der Waals surface area contributed by atoms with Crippen molar-refractivity contribution >= 4 is 22.6 Å². The summed E-state index contributed by atoms with van der Waals surface area (Å²) in [6.45, 7) is 1.78. The molecule has 5 nitrogen and oxygen atoms in total. The first-order chi connectivity index (χ1) is 9.11. The summed E-state index contributed by atoms with van der Waals surface area (Å²) in [7, 11) is 0. The van der Waals surface area contributed by atoms with Crippen LogP contribution in [0.4, 0.5) is 0 Å². The normalized spacial score (nSPS) is 22.3.